The van der Waals surface area contributed by atoms with Crippen molar-refractivity contribution >= 4 is 13.7 Å². The van der Waals surface area contributed by atoms with Crippen molar-refractivity contribution in [1.82, 2.24) is 5.32 Å². The van der Waals surface area contributed by atoms with Gasteiger partial charge in [0, 0.05) is 6.42 Å². The van der Waals surface area contributed by atoms with Crippen LogP contribution in [0.1, 0.15) is 354 Å². The summed E-state index contributed by atoms with van der Waals surface area (Å²) in [4.78, 5) is 23.4. The number of aliphatic hydroxyl groups is 1. The van der Waals surface area contributed by atoms with E-state index in [-0.39, 0.29) is 19.1 Å². The van der Waals surface area contributed by atoms with Gasteiger partial charge in [0.1, 0.15) is 13.2 Å². The predicted octanol–water partition coefficient (Wildman–Crippen LogP) is 22.1. The second-order valence-electron chi connectivity index (χ2n) is 25.3. The van der Waals surface area contributed by atoms with Gasteiger partial charge in [0.25, 0.3) is 0 Å². The summed E-state index contributed by atoms with van der Waals surface area (Å²) in [5.74, 6) is -0.180. The number of likely N-dealkylation sites (N-methyl/N-ethyl adjacent to an activating group) is 1. The van der Waals surface area contributed by atoms with Gasteiger partial charge in [-0.05, 0) is 57.8 Å². The molecule has 3 N–H and O–H groups in total. The number of carbonyl (C=O) groups is 1. The minimum atomic E-state index is -4.36. The highest BCUT2D eigenvalue weighted by Gasteiger charge is 2.28. The molecule has 0 aromatic carbocycles. The molecule has 3 atom stereocenters. The summed E-state index contributed by atoms with van der Waals surface area (Å²) in [5, 5.41) is 14.0. The summed E-state index contributed by atoms with van der Waals surface area (Å²) in [7, 11) is 1.57. The first-order valence-electron chi connectivity index (χ1n) is 34.9. The smallest absolute Gasteiger partial charge is 0.387 e. The number of unbranched alkanes of at least 4 members (excludes halogenated alkanes) is 48. The zero-order chi connectivity index (χ0) is 57.7. The van der Waals surface area contributed by atoms with Gasteiger partial charge in [-0.25, -0.2) is 4.57 Å². The van der Waals surface area contributed by atoms with Crippen LogP contribution in [0.2, 0.25) is 0 Å². The van der Waals surface area contributed by atoms with E-state index in [1.807, 2.05) is 27.2 Å². The summed E-state index contributed by atoms with van der Waals surface area (Å²) >= 11 is 0. The van der Waals surface area contributed by atoms with E-state index in [9.17, 15) is 19.4 Å². The summed E-state index contributed by atoms with van der Waals surface area (Å²) < 4.78 is 23.8. The molecule has 0 aliphatic rings. The van der Waals surface area contributed by atoms with Gasteiger partial charge < -0.3 is 19.8 Å². The zero-order valence-electron chi connectivity index (χ0n) is 53.6. The number of rotatable bonds is 65. The Kier molecular flexibility index (Phi) is 60.3. The third-order valence-corrected chi connectivity index (χ3v) is 17.1. The Bertz CT molecular complexity index is 1380. The normalized spacial score (nSPS) is 13.9. The van der Waals surface area contributed by atoms with Crippen LogP contribution in [0.3, 0.4) is 0 Å². The number of hydrogen-bond donors (Lipinski definition) is 3. The number of hydrogen-bond acceptors (Lipinski definition) is 5. The molecule has 468 valence electrons. The molecule has 0 saturated carbocycles. The molecule has 0 fully saturated rings. The van der Waals surface area contributed by atoms with Gasteiger partial charge >= 0.3 is 7.82 Å². The Balaban J connectivity index is 4.03. The van der Waals surface area contributed by atoms with Crippen molar-refractivity contribution < 1.29 is 32.9 Å². The third-order valence-electron chi connectivity index (χ3n) is 16.1. The van der Waals surface area contributed by atoms with Crippen LogP contribution in [0.15, 0.2) is 36.5 Å². The van der Waals surface area contributed by atoms with Crippen LogP contribution < -0.4 is 5.32 Å². The molecule has 0 rings (SSSR count). The molecule has 0 spiro atoms. The van der Waals surface area contributed by atoms with Crippen LogP contribution in [-0.4, -0.2) is 73.4 Å². The first kappa shape index (κ1) is 77.7. The van der Waals surface area contributed by atoms with Crippen molar-refractivity contribution in [3.05, 3.63) is 36.5 Å². The van der Waals surface area contributed by atoms with Crippen molar-refractivity contribution in [2.45, 2.75) is 366 Å². The van der Waals surface area contributed by atoms with E-state index in [4.69, 9.17) is 9.05 Å². The van der Waals surface area contributed by atoms with Crippen LogP contribution in [0.4, 0.5) is 0 Å². The molecule has 0 aromatic heterocycles. The van der Waals surface area contributed by atoms with Crippen LogP contribution in [0.25, 0.3) is 0 Å². The summed E-state index contributed by atoms with van der Waals surface area (Å²) in [6, 6.07) is -0.863. The highest BCUT2D eigenvalue weighted by molar-refractivity contribution is 7.47. The summed E-state index contributed by atoms with van der Waals surface area (Å²) in [5.41, 5.74) is 0. The average Bonchev–Trinajstić information content (AvgIpc) is 3.42. The van der Waals surface area contributed by atoms with Gasteiger partial charge in [-0.15, -0.1) is 0 Å². The number of nitrogens with zero attached hydrogens (tertiary/aromatic N) is 1. The maximum absolute atomic E-state index is 13.0. The number of phosphoric ester groups is 1. The summed E-state index contributed by atoms with van der Waals surface area (Å²) in [6.45, 7) is 4.85. The first-order valence-corrected chi connectivity index (χ1v) is 36.4. The molecule has 1 amide bonds. The highest BCUT2D eigenvalue weighted by Crippen LogP contribution is 2.43. The van der Waals surface area contributed by atoms with Gasteiger partial charge in [0.05, 0.1) is 39.9 Å². The molecular formula is C70H138N2O6P+. The predicted molar refractivity (Wildman–Crippen MR) is 346 cm³/mol. The van der Waals surface area contributed by atoms with Crippen LogP contribution in [0.5, 0.6) is 0 Å². The Hall–Kier alpha value is -1.28. The number of phosphoric acid groups is 1. The van der Waals surface area contributed by atoms with Crippen molar-refractivity contribution in [3.63, 3.8) is 0 Å². The molecule has 0 heterocycles. The Morgan fingerprint density at radius 2 is 0.696 bits per heavy atom. The second-order valence-corrected chi connectivity index (χ2v) is 26.7. The number of amides is 1. The van der Waals surface area contributed by atoms with E-state index in [0.717, 1.165) is 38.5 Å². The Morgan fingerprint density at radius 1 is 0.418 bits per heavy atom. The second kappa shape index (κ2) is 61.3. The maximum Gasteiger partial charge on any atom is 0.472 e. The lowest BCUT2D eigenvalue weighted by Gasteiger charge is -2.25. The SMILES string of the molecule is CCCCCCCCCCCCCCCC/C=C\CCCCCCCCCCCCCCCCCCCC(=O)NC(COP(=O)(O)OCC[N+](C)(C)C)C(O)/C=C/CC/C=C/CCCCCCCCCCCCCCCCCC. The first-order chi connectivity index (χ1) is 38.5. The van der Waals surface area contributed by atoms with E-state index in [1.54, 1.807) is 6.08 Å². The number of carbonyl (C=O) groups excluding carboxylic acids is 1. The van der Waals surface area contributed by atoms with Gasteiger partial charge in [-0.1, -0.05) is 326 Å². The zero-order valence-corrected chi connectivity index (χ0v) is 54.5. The van der Waals surface area contributed by atoms with E-state index in [2.05, 4.69) is 43.5 Å². The number of aliphatic hydroxyl groups excluding tert-OH is 1. The minimum absolute atomic E-state index is 0.0578. The maximum atomic E-state index is 13.0. The van der Waals surface area contributed by atoms with Gasteiger partial charge in [0.15, 0.2) is 0 Å². The van der Waals surface area contributed by atoms with Gasteiger partial charge in [-0.3, -0.25) is 13.8 Å². The molecule has 0 aliphatic carbocycles. The Morgan fingerprint density at radius 3 is 1.01 bits per heavy atom. The molecule has 0 bridgehead atoms. The van der Waals surface area contributed by atoms with Crippen LogP contribution in [-0.2, 0) is 18.4 Å². The largest absolute Gasteiger partial charge is 0.472 e. The molecule has 8 nitrogen and oxygen atoms in total. The fourth-order valence-corrected chi connectivity index (χ4v) is 11.4. The molecule has 0 saturated heterocycles. The average molecular weight is 1130 g/mol. The van der Waals surface area contributed by atoms with Gasteiger partial charge in [0.2, 0.25) is 5.91 Å². The fraction of sp³-hybridized carbons (Fsp3) is 0.900. The van der Waals surface area contributed by atoms with Gasteiger partial charge in [-0.2, -0.15) is 0 Å². The summed E-state index contributed by atoms with van der Waals surface area (Å²) in [6.07, 6.45) is 81.6. The van der Waals surface area contributed by atoms with Crippen LogP contribution in [0, 0.1) is 0 Å². The monoisotopic (exact) mass is 1130 g/mol. The third kappa shape index (κ3) is 64.1. The molecule has 3 unspecified atom stereocenters. The molecule has 0 radical (unpaired) electrons. The molecule has 9 heteroatoms. The van der Waals surface area contributed by atoms with E-state index < -0.39 is 20.0 Å². The lowest BCUT2D eigenvalue weighted by Crippen LogP contribution is -2.45. The lowest BCUT2D eigenvalue weighted by molar-refractivity contribution is -0.870. The highest BCUT2D eigenvalue weighted by atomic mass is 31.2. The topological polar surface area (TPSA) is 105 Å². The fourth-order valence-electron chi connectivity index (χ4n) is 10.6. The molecule has 0 aromatic rings. The quantitative estimate of drug-likeness (QED) is 0.0243. The van der Waals surface area contributed by atoms with E-state index >= 15 is 0 Å². The van der Waals surface area contributed by atoms with Crippen LogP contribution >= 0.6 is 7.82 Å². The molecule has 0 aliphatic heterocycles. The standard InChI is InChI=1S/C70H137N2O6P/c1-6-8-10-12-14-16-18-20-22-24-26-28-30-31-32-33-34-35-36-37-38-39-40-41-42-44-46-48-50-52-54-56-58-60-62-64-70(74)71-68(67-78-79(75,76)77-66-65-72(3,4)5)69(73)63-61-59-57-55-53-51-49-47-45-43-29-27-25-23-21-19-17-15-13-11-9-7-2/h33-34,53,55,61,63,68-69,73H,6-32,35-52,54,56-60,62,64-67H2,1-5H3,(H-,71,74,75,76)/p+1/b34-33-,55-53+,63-61+. The van der Waals surface area contributed by atoms with E-state index in [1.165, 1.54) is 295 Å². The number of quaternary nitrogens is 1. The van der Waals surface area contributed by atoms with E-state index in [0.29, 0.717) is 17.4 Å². The number of allylic oxidation sites excluding steroid dienone is 5. The molecular weight excluding hydrogens is 996 g/mol. The van der Waals surface area contributed by atoms with Crippen molar-refractivity contribution in [3.8, 4) is 0 Å². The lowest BCUT2D eigenvalue weighted by atomic mass is 10.0. The van der Waals surface area contributed by atoms with Crippen molar-refractivity contribution in [2.75, 3.05) is 40.9 Å². The molecule has 79 heavy (non-hydrogen) atoms. The number of nitrogens with one attached hydrogen (secondary N) is 1. The van der Waals surface area contributed by atoms with Crippen molar-refractivity contribution in [2.24, 2.45) is 0 Å². The van der Waals surface area contributed by atoms with Crippen molar-refractivity contribution in [1.29, 1.82) is 0 Å². The minimum Gasteiger partial charge on any atom is -0.387 e. The Labute approximate surface area is 493 Å².